The second-order valence-corrected chi connectivity index (χ2v) is 6.59. The molecule has 0 aliphatic carbocycles. The molecule has 0 rings (SSSR count). The van der Waals surface area contributed by atoms with E-state index in [9.17, 15) is 9.59 Å². The van der Waals surface area contributed by atoms with Gasteiger partial charge in [0.15, 0.2) is 0 Å². The summed E-state index contributed by atoms with van der Waals surface area (Å²) in [5.41, 5.74) is 5.36. The maximum absolute atomic E-state index is 10.4. The molecule has 12 heteroatoms. The van der Waals surface area contributed by atoms with Crippen molar-refractivity contribution in [3.8, 4) is 0 Å². The van der Waals surface area contributed by atoms with Gasteiger partial charge in [-0.1, -0.05) is 0 Å². The van der Waals surface area contributed by atoms with Gasteiger partial charge in [0.05, 0.1) is 92.1 Å². The van der Waals surface area contributed by atoms with Gasteiger partial charge in [0.25, 0.3) is 0 Å². The molecule has 190 valence electrons. The van der Waals surface area contributed by atoms with Crippen LogP contribution in [0.25, 0.3) is 0 Å². The molecule has 0 radical (unpaired) electrons. The number of nitrogens with zero attached hydrogens (tertiary/aromatic N) is 1. The Morgan fingerprint density at radius 1 is 0.531 bits per heavy atom. The van der Waals surface area contributed by atoms with Gasteiger partial charge in [0.2, 0.25) is 0 Å². The van der Waals surface area contributed by atoms with Crippen LogP contribution >= 0.6 is 0 Å². The monoisotopic (exact) mass is 468 g/mol. The molecule has 0 fully saturated rings. The summed E-state index contributed by atoms with van der Waals surface area (Å²) in [6.45, 7) is 7.47. The lowest BCUT2D eigenvalue weighted by Crippen LogP contribution is -2.34. The smallest absolute Gasteiger partial charge is 0.305 e. The van der Waals surface area contributed by atoms with Gasteiger partial charge >= 0.3 is 11.9 Å². The second-order valence-electron chi connectivity index (χ2n) is 6.59. The van der Waals surface area contributed by atoms with Crippen LogP contribution in [0.1, 0.15) is 12.8 Å². The fourth-order valence-corrected chi connectivity index (χ4v) is 2.28. The van der Waals surface area contributed by atoms with E-state index in [2.05, 4.69) is 4.90 Å². The predicted molar refractivity (Wildman–Crippen MR) is 115 cm³/mol. The van der Waals surface area contributed by atoms with Crippen LogP contribution in [0.3, 0.4) is 0 Å². The van der Waals surface area contributed by atoms with Crippen molar-refractivity contribution in [2.45, 2.75) is 12.8 Å². The van der Waals surface area contributed by atoms with Crippen molar-refractivity contribution in [3.63, 3.8) is 0 Å². The molecule has 0 saturated heterocycles. The Kier molecular flexibility index (Phi) is 23.2. The summed E-state index contributed by atoms with van der Waals surface area (Å²) >= 11 is 0. The number of nitrogens with two attached hydrogens (primary N) is 1. The van der Waals surface area contributed by atoms with E-state index in [0.29, 0.717) is 92.2 Å². The predicted octanol–water partition coefficient (Wildman–Crippen LogP) is -0.704. The summed E-state index contributed by atoms with van der Waals surface area (Å²) in [5, 5.41) is 17.1. The van der Waals surface area contributed by atoms with Gasteiger partial charge in [0.1, 0.15) is 0 Å². The second kappa shape index (κ2) is 24.3. The van der Waals surface area contributed by atoms with Crippen molar-refractivity contribution in [3.05, 3.63) is 0 Å². The first-order valence-electron chi connectivity index (χ1n) is 10.9. The van der Waals surface area contributed by atoms with Crippen molar-refractivity contribution >= 4 is 11.9 Å². The summed E-state index contributed by atoms with van der Waals surface area (Å²) in [7, 11) is 0. The number of ether oxygens (including phenoxy) is 6. The minimum atomic E-state index is -0.885. The summed E-state index contributed by atoms with van der Waals surface area (Å²) in [6.07, 6.45) is -0.0364. The van der Waals surface area contributed by atoms with E-state index >= 15 is 0 Å². The van der Waals surface area contributed by atoms with E-state index in [1.807, 2.05) is 0 Å². The van der Waals surface area contributed by atoms with Gasteiger partial charge in [-0.25, -0.2) is 0 Å². The maximum Gasteiger partial charge on any atom is 0.305 e. The van der Waals surface area contributed by atoms with Crippen molar-refractivity contribution < 1.29 is 48.2 Å². The first-order valence-corrected chi connectivity index (χ1v) is 10.9. The lowest BCUT2D eigenvalue weighted by molar-refractivity contribution is -0.139. The topological polar surface area (TPSA) is 159 Å². The highest BCUT2D eigenvalue weighted by Crippen LogP contribution is 1.93. The molecule has 0 aromatic heterocycles. The van der Waals surface area contributed by atoms with Crippen LogP contribution in [0.15, 0.2) is 0 Å². The third-order valence-corrected chi connectivity index (χ3v) is 3.95. The Hall–Kier alpha value is -1.38. The zero-order valence-corrected chi connectivity index (χ0v) is 18.9. The maximum atomic E-state index is 10.4. The number of carboxylic acid groups (broad SMARTS) is 2. The highest BCUT2D eigenvalue weighted by Gasteiger charge is 2.06. The first-order chi connectivity index (χ1) is 15.6. The van der Waals surface area contributed by atoms with Gasteiger partial charge in [0, 0.05) is 26.2 Å². The highest BCUT2D eigenvalue weighted by molar-refractivity contribution is 5.66. The first kappa shape index (κ1) is 30.6. The standard InChI is InChI=1S/C20H40N2O10/c21-3-9-29-15-18-32-12-6-22(4-10-30-16-13-27-7-1-19(23)24)5-11-31-17-14-28-8-2-20(25)26/h1-18,21H2,(H,23,24)(H,25,26). The van der Waals surface area contributed by atoms with E-state index in [1.54, 1.807) is 0 Å². The minimum absolute atomic E-state index is 0.0182. The lowest BCUT2D eigenvalue weighted by Gasteiger charge is -2.22. The fraction of sp³-hybridized carbons (Fsp3) is 0.900. The molecule has 0 heterocycles. The van der Waals surface area contributed by atoms with Gasteiger partial charge < -0.3 is 44.4 Å². The molecule has 0 saturated carbocycles. The molecule has 4 N–H and O–H groups in total. The van der Waals surface area contributed by atoms with E-state index in [0.717, 1.165) is 0 Å². The van der Waals surface area contributed by atoms with Crippen LogP contribution in [-0.4, -0.2) is 133 Å². The zero-order chi connectivity index (χ0) is 23.7. The van der Waals surface area contributed by atoms with Gasteiger partial charge in [-0.15, -0.1) is 0 Å². The Morgan fingerprint density at radius 3 is 1.16 bits per heavy atom. The largest absolute Gasteiger partial charge is 0.481 e. The average Bonchev–Trinajstić information content (AvgIpc) is 2.75. The average molecular weight is 469 g/mol. The third-order valence-electron chi connectivity index (χ3n) is 3.95. The van der Waals surface area contributed by atoms with Crippen molar-refractivity contribution in [1.82, 2.24) is 4.90 Å². The summed E-state index contributed by atoms with van der Waals surface area (Å²) in [4.78, 5) is 23.0. The zero-order valence-electron chi connectivity index (χ0n) is 18.9. The van der Waals surface area contributed by atoms with E-state index < -0.39 is 11.9 Å². The Balaban J connectivity index is 3.88. The SMILES string of the molecule is NCCOCCOCCN(CCOCCOCCC(=O)O)CCOCCOCCC(=O)O. The van der Waals surface area contributed by atoms with Crippen LogP contribution < -0.4 is 5.73 Å². The highest BCUT2D eigenvalue weighted by atomic mass is 16.5. The molecule has 0 aliphatic heterocycles. The number of carboxylic acids is 2. The minimum Gasteiger partial charge on any atom is -0.481 e. The van der Waals surface area contributed by atoms with E-state index in [1.165, 1.54) is 0 Å². The molecule has 0 spiro atoms. The van der Waals surface area contributed by atoms with Crippen molar-refractivity contribution in [2.24, 2.45) is 5.73 Å². The molecule has 12 nitrogen and oxygen atoms in total. The van der Waals surface area contributed by atoms with E-state index in [-0.39, 0.29) is 26.1 Å². The molecule has 0 amide bonds. The third kappa shape index (κ3) is 24.9. The van der Waals surface area contributed by atoms with Crippen LogP contribution in [-0.2, 0) is 38.0 Å². The molecule has 0 aliphatic rings. The molecular weight excluding hydrogens is 428 g/mol. The van der Waals surface area contributed by atoms with Crippen molar-refractivity contribution in [1.29, 1.82) is 0 Å². The molecule has 0 bridgehead atoms. The normalized spacial score (nSPS) is 11.3. The summed E-state index contributed by atoms with van der Waals surface area (Å²) in [6, 6.07) is 0. The quantitative estimate of drug-likeness (QED) is 0.137. The number of hydrogen-bond acceptors (Lipinski definition) is 10. The molecule has 0 unspecified atom stereocenters. The summed E-state index contributed by atoms with van der Waals surface area (Å²) in [5.74, 6) is -1.77. The molecular formula is C20H40N2O10. The fourth-order valence-electron chi connectivity index (χ4n) is 2.28. The van der Waals surface area contributed by atoms with Crippen LogP contribution in [0.4, 0.5) is 0 Å². The van der Waals surface area contributed by atoms with Gasteiger partial charge in [-0.2, -0.15) is 0 Å². The Bertz CT molecular complexity index is 413. The number of rotatable bonds is 26. The number of aliphatic carboxylic acids is 2. The summed E-state index contributed by atoms with van der Waals surface area (Å²) < 4.78 is 32.3. The van der Waals surface area contributed by atoms with Gasteiger partial charge in [-0.05, 0) is 0 Å². The molecule has 32 heavy (non-hydrogen) atoms. The molecule has 0 aromatic rings. The van der Waals surface area contributed by atoms with Crippen LogP contribution in [0, 0.1) is 0 Å². The number of carbonyl (C=O) groups is 2. The molecule has 0 atom stereocenters. The Labute approximate surface area is 189 Å². The number of hydrogen-bond donors (Lipinski definition) is 3. The Morgan fingerprint density at radius 2 is 0.844 bits per heavy atom. The lowest BCUT2D eigenvalue weighted by atomic mass is 10.4. The van der Waals surface area contributed by atoms with Gasteiger partial charge in [-0.3, -0.25) is 14.5 Å². The van der Waals surface area contributed by atoms with Crippen LogP contribution in [0.2, 0.25) is 0 Å². The molecule has 0 aromatic carbocycles. The van der Waals surface area contributed by atoms with Crippen LogP contribution in [0.5, 0.6) is 0 Å². The van der Waals surface area contributed by atoms with E-state index in [4.69, 9.17) is 44.4 Å². The van der Waals surface area contributed by atoms with Crippen molar-refractivity contribution in [2.75, 3.05) is 105 Å².